The number of benzene rings is 2. The molecule has 1 saturated carbocycles. The van der Waals surface area contributed by atoms with Crippen molar-refractivity contribution in [3.05, 3.63) is 65.2 Å². The molecule has 1 aliphatic rings. The Labute approximate surface area is 215 Å². The molecule has 2 aromatic carbocycles. The number of hydrogen-bond acceptors (Lipinski definition) is 6. The number of hydrogen-bond donors (Lipinski definition) is 2. The monoisotopic (exact) mass is 511 g/mol. The third-order valence-corrected chi connectivity index (χ3v) is 6.90. The normalized spacial score (nSPS) is 14.8. The van der Waals surface area contributed by atoms with Gasteiger partial charge >= 0.3 is 0 Å². The molecule has 9 heteroatoms. The van der Waals surface area contributed by atoms with Gasteiger partial charge in [0.2, 0.25) is 5.91 Å². The van der Waals surface area contributed by atoms with Crippen molar-refractivity contribution in [3.8, 4) is 0 Å². The van der Waals surface area contributed by atoms with Crippen LogP contribution in [0.15, 0.2) is 48.8 Å². The van der Waals surface area contributed by atoms with E-state index in [4.69, 9.17) is 16.3 Å². The average Bonchev–Trinajstić information content (AvgIpc) is 2.81. The maximum absolute atomic E-state index is 13.6. The third-order valence-electron chi connectivity index (χ3n) is 6.61. The lowest BCUT2D eigenvalue weighted by atomic mass is 9.79. The van der Waals surface area contributed by atoms with Crippen molar-refractivity contribution in [1.82, 2.24) is 14.9 Å². The van der Waals surface area contributed by atoms with Gasteiger partial charge in [0, 0.05) is 42.5 Å². The number of ether oxygens (including phenoxy) is 1. The smallest absolute Gasteiger partial charge is 0.248 e. The van der Waals surface area contributed by atoms with Gasteiger partial charge in [0.15, 0.2) is 0 Å². The number of likely N-dealkylation sites (N-methyl/N-ethyl adjacent to an activating group) is 1. The van der Waals surface area contributed by atoms with E-state index in [0.29, 0.717) is 30.6 Å². The Morgan fingerprint density at radius 1 is 1.31 bits per heavy atom. The topological polar surface area (TPSA) is 79.4 Å². The van der Waals surface area contributed by atoms with Crippen molar-refractivity contribution in [1.29, 1.82) is 0 Å². The molecule has 36 heavy (non-hydrogen) atoms. The van der Waals surface area contributed by atoms with Crippen molar-refractivity contribution in [2.45, 2.75) is 38.1 Å². The highest BCUT2D eigenvalue weighted by molar-refractivity contribution is 6.31. The second kappa shape index (κ2) is 11.8. The Bertz CT molecular complexity index is 1260. The number of aromatic nitrogens is 2. The molecule has 2 N–H and O–H groups in total. The largest absolute Gasteiger partial charge is 0.383 e. The van der Waals surface area contributed by atoms with Gasteiger partial charge in [-0.1, -0.05) is 24.1 Å². The molecule has 7 nitrogen and oxygen atoms in total. The Balaban J connectivity index is 1.58. The lowest BCUT2D eigenvalue weighted by Crippen LogP contribution is -2.32. The second-order valence-electron chi connectivity index (χ2n) is 9.20. The van der Waals surface area contributed by atoms with E-state index in [-0.39, 0.29) is 17.0 Å². The Hall–Kier alpha value is -3.07. The summed E-state index contributed by atoms with van der Waals surface area (Å²) in [6, 6.07) is 8.59. The number of nitrogens with one attached hydrogen (secondary N) is 2. The molecule has 0 saturated heterocycles. The molecular weight excluding hydrogens is 481 g/mol. The van der Waals surface area contributed by atoms with Crippen LogP contribution in [0, 0.1) is 5.82 Å². The summed E-state index contributed by atoms with van der Waals surface area (Å²) in [4.78, 5) is 23.8. The molecule has 0 bridgehead atoms. The zero-order valence-electron chi connectivity index (χ0n) is 20.7. The van der Waals surface area contributed by atoms with E-state index in [0.717, 1.165) is 35.0 Å². The summed E-state index contributed by atoms with van der Waals surface area (Å²) in [5.41, 5.74) is 3.20. The van der Waals surface area contributed by atoms with Crippen LogP contribution < -0.4 is 10.6 Å². The number of halogens is 2. The van der Waals surface area contributed by atoms with E-state index >= 15 is 0 Å². The van der Waals surface area contributed by atoms with E-state index in [1.165, 1.54) is 24.9 Å². The molecule has 190 valence electrons. The number of carbonyl (C=O) groups is 1. The highest BCUT2D eigenvalue weighted by Gasteiger charge is 2.24. The standard InChI is InChI=1S/C27H31ClFN5O2/c1-17(15-36-3)34(2)11-5-8-26(35)33-25-14-21-24(13-20(25)18-6-4-7-18)30-16-31-27(21)32-19-9-10-23(29)22(28)12-19/h5,8-10,12-14,16-18H,4,6-7,11,15H2,1-3H3,(H,33,35)(H,30,31,32). The number of anilines is 3. The van der Waals surface area contributed by atoms with Crippen molar-refractivity contribution in [3.63, 3.8) is 0 Å². The van der Waals surface area contributed by atoms with Crippen LogP contribution in [-0.2, 0) is 9.53 Å². The molecule has 1 amide bonds. The van der Waals surface area contributed by atoms with Crippen molar-refractivity contribution in [2.75, 3.05) is 37.9 Å². The molecule has 0 spiro atoms. The van der Waals surface area contributed by atoms with Crippen LogP contribution in [-0.4, -0.2) is 54.1 Å². The van der Waals surface area contributed by atoms with Gasteiger partial charge in [0.1, 0.15) is 18.0 Å². The SMILES string of the molecule is COCC(C)N(C)CC=CC(=O)Nc1cc2c(Nc3ccc(F)c(Cl)c3)ncnc2cc1C1CCC1. The first-order valence-electron chi connectivity index (χ1n) is 12.0. The minimum atomic E-state index is -0.489. The summed E-state index contributed by atoms with van der Waals surface area (Å²) in [6.07, 6.45) is 8.23. The zero-order valence-corrected chi connectivity index (χ0v) is 21.5. The van der Waals surface area contributed by atoms with Gasteiger partial charge in [0.05, 0.1) is 17.1 Å². The van der Waals surface area contributed by atoms with Gasteiger partial charge < -0.3 is 15.4 Å². The number of nitrogens with zero attached hydrogens (tertiary/aromatic N) is 3. The third kappa shape index (κ3) is 6.19. The molecule has 1 atom stereocenters. The predicted octanol–water partition coefficient (Wildman–Crippen LogP) is 5.89. The molecule has 4 rings (SSSR count). The van der Waals surface area contributed by atoms with Crippen LogP contribution in [0.2, 0.25) is 5.02 Å². The lowest BCUT2D eigenvalue weighted by molar-refractivity contribution is -0.111. The summed E-state index contributed by atoms with van der Waals surface area (Å²) in [5, 5.41) is 7.02. The molecule has 1 heterocycles. The van der Waals surface area contributed by atoms with E-state index in [1.54, 1.807) is 19.3 Å². The van der Waals surface area contributed by atoms with Crippen molar-refractivity contribution in [2.24, 2.45) is 0 Å². The summed E-state index contributed by atoms with van der Waals surface area (Å²) >= 11 is 5.94. The molecule has 1 aromatic heterocycles. The van der Waals surface area contributed by atoms with E-state index < -0.39 is 5.82 Å². The number of amides is 1. The van der Waals surface area contributed by atoms with E-state index in [2.05, 4.69) is 32.4 Å². The molecule has 0 radical (unpaired) electrons. The van der Waals surface area contributed by atoms with Gasteiger partial charge in [0.25, 0.3) is 0 Å². The maximum atomic E-state index is 13.6. The number of carbonyl (C=O) groups excluding carboxylic acids is 1. The Morgan fingerprint density at radius 3 is 2.81 bits per heavy atom. The van der Waals surface area contributed by atoms with Crippen molar-refractivity contribution < 1.29 is 13.9 Å². The molecule has 1 unspecified atom stereocenters. The minimum absolute atomic E-state index is 0.0210. The summed E-state index contributed by atoms with van der Waals surface area (Å²) in [5.74, 6) is 0.247. The highest BCUT2D eigenvalue weighted by atomic mass is 35.5. The van der Waals surface area contributed by atoms with E-state index in [1.807, 2.05) is 25.3 Å². The predicted molar refractivity (Wildman–Crippen MR) is 143 cm³/mol. The van der Waals surface area contributed by atoms with Gasteiger partial charge in [-0.05, 0) is 68.6 Å². The Morgan fingerprint density at radius 2 is 2.11 bits per heavy atom. The summed E-state index contributed by atoms with van der Waals surface area (Å²) in [7, 11) is 3.67. The molecule has 1 fully saturated rings. The molecular formula is C27H31ClFN5O2. The van der Waals surface area contributed by atoms with Gasteiger partial charge in [-0.15, -0.1) is 0 Å². The first-order chi connectivity index (χ1) is 17.4. The quantitative estimate of drug-likeness (QED) is 0.330. The second-order valence-corrected chi connectivity index (χ2v) is 9.60. The van der Waals surface area contributed by atoms with Gasteiger partial charge in [-0.25, -0.2) is 14.4 Å². The lowest BCUT2D eigenvalue weighted by Gasteiger charge is -2.28. The van der Waals surface area contributed by atoms with Crippen LogP contribution in [0.5, 0.6) is 0 Å². The first-order valence-corrected chi connectivity index (χ1v) is 12.4. The van der Waals surface area contributed by atoms with Crippen LogP contribution in [0.25, 0.3) is 10.9 Å². The fourth-order valence-corrected chi connectivity index (χ4v) is 4.32. The maximum Gasteiger partial charge on any atom is 0.248 e. The first kappa shape index (κ1) is 26.0. The van der Waals surface area contributed by atoms with E-state index in [9.17, 15) is 9.18 Å². The van der Waals surface area contributed by atoms with Crippen LogP contribution in [0.1, 0.15) is 37.7 Å². The number of methoxy groups -OCH3 is 1. The molecule has 0 aliphatic heterocycles. The zero-order chi connectivity index (χ0) is 25.7. The average molecular weight is 512 g/mol. The minimum Gasteiger partial charge on any atom is -0.383 e. The number of fused-ring (bicyclic) bond motifs is 1. The van der Waals surface area contributed by atoms with Crippen LogP contribution in [0.4, 0.5) is 21.6 Å². The summed E-state index contributed by atoms with van der Waals surface area (Å²) < 4.78 is 18.8. The highest BCUT2D eigenvalue weighted by Crippen LogP contribution is 2.42. The van der Waals surface area contributed by atoms with Gasteiger partial charge in [-0.2, -0.15) is 0 Å². The van der Waals surface area contributed by atoms with Gasteiger partial charge in [-0.3, -0.25) is 9.69 Å². The summed E-state index contributed by atoms with van der Waals surface area (Å²) in [6.45, 7) is 3.33. The fourth-order valence-electron chi connectivity index (χ4n) is 4.14. The molecule has 1 aliphatic carbocycles. The molecule has 3 aromatic rings. The van der Waals surface area contributed by atoms with Crippen molar-refractivity contribution >= 4 is 45.6 Å². The fraction of sp³-hybridized carbons (Fsp3) is 0.370. The number of rotatable bonds is 10. The van der Waals surface area contributed by atoms with Crippen LogP contribution in [0.3, 0.4) is 0 Å². The Kier molecular flexibility index (Phi) is 8.51. The van der Waals surface area contributed by atoms with Crippen LogP contribution >= 0.6 is 11.6 Å².